The van der Waals surface area contributed by atoms with Gasteiger partial charge in [-0.2, -0.15) is 13.2 Å². The fourth-order valence-corrected chi connectivity index (χ4v) is 1.90. The smallest absolute Gasteiger partial charge is 0.384 e. The molecule has 2 aromatic carbocycles. The van der Waals surface area contributed by atoms with Crippen LogP contribution in [0.5, 0.6) is 0 Å². The summed E-state index contributed by atoms with van der Waals surface area (Å²) in [6, 6.07) is 9.09. The molecule has 0 fully saturated rings. The summed E-state index contributed by atoms with van der Waals surface area (Å²) in [4.78, 5) is 0. The highest BCUT2D eigenvalue weighted by molar-refractivity contribution is 5.35. The second kappa shape index (κ2) is 5.81. The Hall–Kier alpha value is -1.95. The van der Waals surface area contributed by atoms with Gasteiger partial charge in [-0.25, -0.2) is 8.78 Å². The van der Waals surface area contributed by atoms with E-state index in [1.807, 2.05) is 0 Å². The van der Waals surface area contributed by atoms with Gasteiger partial charge in [0.15, 0.2) is 0 Å². The van der Waals surface area contributed by atoms with Crippen molar-refractivity contribution in [2.45, 2.75) is 18.7 Å². The van der Waals surface area contributed by atoms with Crippen molar-refractivity contribution in [3.8, 4) is 0 Å². The fraction of sp³-hybridized carbons (Fsp3) is 0.200. The first kappa shape index (κ1) is 15.4. The van der Waals surface area contributed by atoms with Crippen molar-refractivity contribution in [3.05, 3.63) is 70.8 Å². The molecule has 6 heteroatoms. The third kappa shape index (κ3) is 3.58. The molecule has 0 saturated heterocycles. The second-order valence-corrected chi connectivity index (χ2v) is 4.49. The van der Waals surface area contributed by atoms with E-state index in [1.165, 1.54) is 24.3 Å². The van der Waals surface area contributed by atoms with Crippen molar-refractivity contribution in [2.24, 2.45) is 0 Å². The van der Waals surface area contributed by atoms with E-state index in [2.05, 4.69) is 0 Å². The van der Waals surface area contributed by atoms with Gasteiger partial charge in [-0.15, -0.1) is 0 Å². The van der Waals surface area contributed by atoms with Crippen LogP contribution in [-0.4, -0.2) is 5.11 Å². The Bertz CT molecular complexity index is 604. The third-order valence-electron chi connectivity index (χ3n) is 3.03. The lowest BCUT2D eigenvalue weighted by molar-refractivity contribution is -0.137. The number of alkyl halides is 5. The van der Waals surface area contributed by atoms with Crippen LogP contribution >= 0.6 is 0 Å². The molecule has 1 atom stereocenters. The molecule has 2 rings (SSSR count). The van der Waals surface area contributed by atoms with Crippen LogP contribution in [0.1, 0.15) is 34.8 Å². The summed E-state index contributed by atoms with van der Waals surface area (Å²) in [5.41, 5.74) is -0.786. The van der Waals surface area contributed by atoms with Crippen molar-refractivity contribution >= 4 is 0 Å². The van der Waals surface area contributed by atoms with Crippen LogP contribution in [0.15, 0.2) is 48.5 Å². The number of halogens is 5. The van der Waals surface area contributed by atoms with Crippen molar-refractivity contribution in [3.63, 3.8) is 0 Å². The number of rotatable bonds is 3. The molecule has 112 valence electrons. The van der Waals surface area contributed by atoms with Crippen LogP contribution in [0.4, 0.5) is 22.0 Å². The topological polar surface area (TPSA) is 20.2 Å². The molecule has 0 aliphatic carbocycles. The molecule has 2 aromatic rings. The Morgan fingerprint density at radius 3 is 1.90 bits per heavy atom. The van der Waals surface area contributed by atoms with Crippen LogP contribution in [0.3, 0.4) is 0 Å². The summed E-state index contributed by atoms with van der Waals surface area (Å²) in [5, 5.41) is 10.1. The highest BCUT2D eigenvalue weighted by Gasteiger charge is 2.31. The van der Waals surface area contributed by atoms with Crippen LogP contribution in [0.25, 0.3) is 0 Å². The van der Waals surface area contributed by atoms with E-state index in [0.717, 1.165) is 24.3 Å². The first-order chi connectivity index (χ1) is 9.79. The number of hydrogen-bond donors (Lipinski definition) is 1. The molecule has 0 aromatic heterocycles. The van der Waals surface area contributed by atoms with Gasteiger partial charge < -0.3 is 5.11 Å². The maximum atomic E-state index is 12.6. The molecule has 21 heavy (non-hydrogen) atoms. The standard InChI is InChI=1S/C15H11F5O/c16-14(17)10-6-4-9(5-7-10)13(21)11-2-1-3-12(8-11)15(18,19)20/h1-8,13-14,21H. The minimum Gasteiger partial charge on any atom is -0.384 e. The normalized spacial score (nSPS) is 13.5. The van der Waals surface area contributed by atoms with Gasteiger partial charge in [-0.05, 0) is 23.3 Å². The Kier molecular flexibility index (Phi) is 4.27. The van der Waals surface area contributed by atoms with Gasteiger partial charge in [0.2, 0.25) is 0 Å². The molecule has 0 heterocycles. The zero-order valence-electron chi connectivity index (χ0n) is 10.6. The van der Waals surface area contributed by atoms with Gasteiger partial charge in [0.1, 0.15) is 6.10 Å². The lowest BCUT2D eigenvalue weighted by Gasteiger charge is -2.14. The number of benzene rings is 2. The molecule has 0 aliphatic heterocycles. The van der Waals surface area contributed by atoms with E-state index in [-0.39, 0.29) is 16.7 Å². The SMILES string of the molecule is OC(c1ccc(C(F)F)cc1)c1cccc(C(F)(F)F)c1. The molecule has 0 amide bonds. The molecule has 0 aliphatic rings. The highest BCUT2D eigenvalue weighted by atomic mass is 19.4. The third-order valence-corrected chi connectivity index (χ3v) is 3.03. The highest BCUT2D eigenvalue weighted by Crippen LogP contribution is 2.32. The van der Waals surface area contributed by atoms with E-state index < -0.39 is 24.3 Å². The van der Waals surface area contributed by atoms with Gasteiger partial charge in [0, 0.05) is 5.56 Å². The molecule has 0 radical (unpaired) electrons. The Balaban J connectivity index is 2.29. The molecule has 0 saturated carbocycles. The average molecular weight is 302 g/mol. The maximum Gasteiger partial charge on any atom is 0.416 e. The van der Waals surface area contributed by atoms with Crippen LogP contribution in [-0.2, 0) is 6.18 Å². The first-order valence-corrected chi connectivity index (χ1v) is 6.02. The lowest BCUT2D eigenvalue weighted by atomic mass is 9.99. The summed E-state index contributed by atoms with van der Waals surface area (Å²) in [5.74, 6) is 0. The maximum absolute atomic E-state index is 12.6. The Labute approximate surface area is 117 Å². The van der Waals surface area contributed by atoms with Crippen LogP contribution < -0.4 is 0 Å². The molecule has 0 bridgehead atoms. The zero-order chi connectivity index (χ0) is 15.6. The van der Waals surface area contributed by atoms with Crippen LogP contribution in [0, 0.1) is 0 Å². The van der Waals surface area contributed by atoms with Crippen molar-refractivity contribution < 1.29 is 27.1 Å². The van der Waals surface area contributed by atoms with Crippen molar-refractivity contribution in [2.75, 3.05) is 0 Å². The Morgan fingerprint density at radius 1 is 0.810 bits per heavy atom. The molecular weight excluding hydrogens is 291 g/mol. The molecule has 1 nitrogen and oxygen atoms in total. The monoisotopic (exact) mass is 302 g/mol. The molecule has 1 N–H and O–H groups in total. The summed E-state index contributed by atoms with van der Waals surface area (Å²) in [6.07, 6.45) is -8.45. The van der Waals surface area contributed by atoms with E-state index >= 15 is 0 Å². The van der Waals surface area contributed by atoms with E-state index in [4.69, 9.17) is 0 Å². The average Bonchev–Trinajstić information content (AvgIpc) is 2.46. The number of aliphatic hydroxyl groups is 1. The van der Waals surface area contributed by atoms with E-state index in [1.54, 1.807) is 0 Å². The largest absolute Gasteiger partial charge is 0.416 e. The summed E-state index contributed by atoms with van der Waals surface area (Å²) in [7, 11) is 0. The summed E-state index contributed by atoms with van der Waals surface area (Å²) in [6.45, 7) is 0. The van der Waals surface area contributed by atoms with Gasteiger partial charge in [0.05, 0.1) is 5.56 Å². The molecular formula is C15H11F5O. The number of hydrogen-bond acceptors (Lipinski definition) is 1. The predicted molar refractivity (Wildman–Crippen MR) is 66.9 cm³/mol. The number of aliphatic hydroxyl groups excluding tert-OH is 1. The predicted octanol–water partition coefficient (Wildman–Crippen LogP) is 4.72. The minimum absolute atomic E-state index is 0.0506. The molecule has 0 spiro atoms. The quantitative estimate of drug-likeness (QED) is 0.813. The minimum atomic E-state index is -4.50. The van der Waals surface area contributed by atoms with E-state index in [0.29, 0.717) is 0 Å². The van der Waals surface area contributed by atoms with Crippen LogP contribution in [0.2, 0.25) is 0 Å². The van der Waals surface area contributed by atoms with Crippen molar-refractivity contribution in [1.82, 2.24) is 0 Å². The second-order valence-electron chi connectivity index (χ2n) is 4.49. The van der Waals surface area contributed by atoms with Gasteiger partial charge in [0.25, 0.3) is 6.43 Å². The van der Waals surface area contributed by atoms with Gasteiger partial charge >= 0.3 is 6.18 Å². The van der Waals surface area contributed by atoms with Gasteiger partial charge in [-0.3, -0.25) is 0 Å². The Morgan fingerprint density at radius 2 is 1.38 bits per heavy atom. The summed E-state index contributed by atoms with van der Waals surface area (Å²) < 4.78 is 62.7. The zero-order valence-corrected chi connectivity index (χ0v) is 10.6. The van der Waals surface area contributed by atoms with E-state index in [9.17, 15) is 27.1 Å². The van der Waals surface area contributed by atoms with Crippen molar-refractivity contribution in [1.29, 1.82) is 0 Å². The fourth-order valence-electron chi connectivity index (χ4n) is 1.90. The first-order valence-electron chi connectivity index (χ1n) is 6.02. The summed E-state index contributed by atoms with van der Waals surface area (Å²) >= 11 is 0. The van der Waals surface area contributed by atoms with Gasteiger partial charge in [-0.1, -0.05) is 36.4 Å². The lowest BCUT2D eigenvalue weighted by Crippen LogP contribution is -2.07. The molecule has 1 unspecified atom stereocenters.